The number of nitrogens with one attached hydrogen (secondary N) is 1. The molecule has 0 aliphatic heterocycles. The van der Waals surface area contributed by atoms with Gasteiger partial charge in [0.15, 0.2) is 0 Å². The Hall–Kier alpha value is -3.13. The van der Waals surface area contributed by atoms with Gasteiger partial charge in [0, 0.05) is 44.5 Å². The molecular formula is C20H23ClN4O4. The smallest absolute Gasteiger partial charge is 0.293 e. The molecule has 0 atom stereocenters. The number of benzene rings is 2. The van der Waals surface area contributed by atoms with Crippen LogP contribution in [0.1, 0.15) is 34.6 Å². The first-order valence-corrected chi connectivity index (χ1v) is 9.43. The number of hydrogen-bond acceptors (Lipinski definition) is 5. The van der Waals surface area contributed by atoms with E-state index in [4.69, 9.17) is 11.6 Å². The number of amides is 2. The fraction of sp³-hybridized carbons (Fsp3) is 0.300. The maximum atomic E-state index is 12.5. The molecular weight excluding hydrogens is 396 g/mol. The van der Waals surface area contributed by atoms with Crippen molar-refractivity contribution in [2.24, 2.45) is 0 Å². The van der Waals surface area contributed by atoms with Gasteiger partial charge in [-0.1, -0.05) is 11.6 Å². The molecule has 0 aromatic heterocycles. The molecule has 8 nitrogen and oxygen atoms in total. The van der Waals surface area contributed by atoms with E-state index in [2.05, 4.69) is 5.32 Å². The standard InChI is InChI=1S/C20H23ClN4O4/c1-5-24(6-2)20(27)15-9-8-14(12-16(15)21)22-19(26)13-7-10-17(23(3)4)18(11-13)25(28)29/h7-12H,5-6H2,1-4H3,(H,22,26). The first kappa shape index (κ1) is 22.2. The lowest BCUT2D eigenvalue weighted by molar-refractivity contribution is -0.384. The van der Waals surface area contributed by atoms with Crippen LogP contribution in [0.25, 0.3) is 0 Å². The van der Waals surface area contributed by atoms with Crippen molar-refractivity contribution >= 4 is 40.5 Å². The van der Waals surface area contributed by atoms with Gasteiger partial charge < -0.3 is 15.1 Å². The summed E-state index contributed by atoms with van der Waals surface area (Å²) < 4.78 is 0. The van der Waals surface area contributed by atoms with Crippen molar-refractivity contribution in [1.29, 1.82) is 0 Å². The zero-order chi connectivity index (χ0) is 21.7. The fourth-order valence-corrected chi connectivity index (χ4v) is 3.10. The van der Waals surface area contributed by atoms with Gasteiger partial charge in [-0.05, 0) is 44.2 Å². The van der Waals surface area contributed by atoms with Gasteiger partial charge >= 0.3 is 0 Å². The molecule has 1 N–H and O–H groups in total. The Balaban J connectivity index is 2.25. The molecule has 0 radical (unpaired) electrons. The molecule has 0 fully saturated rings. The summed E-state index contributed by atoms with van der Waals surface area (Å²) in [6.45, 7) is 4.88. The van der Waals surface area contributed by atoms with Gasteiger partial charge in [0.2, 0.25) is 0 Å². The number of carbonyl (C=O) groups is 2. The molecule has 0 unspecified atom stereocenters. The van der Waals surface area contributed by atoms with Crippen molar-refractivity contribution in [2.45, 2.75) is 13.8 Å². The lowest BCUT2D eigenvalue weighted by Gasteiger charge is -2.19. The van der Waals surface area contributed by atoms with Crippen LogP contribution in [0.2, 0.25) is 5.02 Å². The third kappa shape index (κ3) is 5.03. The Kier molecular flexibility index (Phi) is 7.17. The molecule has 0 spiro atoms. The highest BCUT2D eigenvalue weighted by Crippen LogP contribution is 2.28. The van der Waals surface area contributed by atoms with E-state index in [1.165, 1.54) is 24.3 Å². The number of nitro groups is 1. The molecule has 2 aromatic rings. The highest BCUT2D eigenvalue weighted by atomic mass is 35.5. The van der Waals surface area contributed by atoms with Crippen molar-refractivity contribution in [2.75, 3.05) is 37.4 Å². The van der Waals surface area contributed by atoms with Gasteiger partial charge in [-0.2, -0.15) is 0 Å². The van der Waals surface area contributed by atoms with Crippen molar-refractivity contribution in [3.05, 3.63) is 62.7 Å². The first-order chi connectivity index (χ1) is 13.7. The predicted octanol–water partition coefficient (Wildman–Crippen LogP) is 4.05. The highest BCUT2D eigenvalue weighted by molar-refractivity contribution is 6.34. The Labute approximate surface area is 174 Å². The zero-order valence-corrected chi connectivity index (χ0v) is 17.5. The Morgan fingerprint density at radius 2 is 1.76 bits per heavy atom. The van der Waals surface area contributed by atoms with Gasteiger partial charge in [-0.3, -0.25) is 19.7 Å². The van der Waals surface area contributed by atoms with E-state index >= 15 is 0 Å². The first-order valence-electron chi connectivity index (χ1n) is 9.05. The second-order valence-electron chi connectivity index (χ2n) is 6.48. The molecule has 0 aliphatic rings. The molecule has 29 heavy (non-hydrogen) atoms. The third-order valence-corrected chi connectivity index (χ3v) is 4.74. The van der Waals surface area contributed by atoms with Crippen LogP contribution < -0.4 is 10.2 Å². The zero-order valence-electron chi connectivity index (χ0n) is 16.7. The van der Waals surface area contributed by atoms with Crippen LogP contribution in [0.15, 0.2) is 36.4 Å². The number of halogens is 1. The second kappa shape index (κ2) is 9.38. The molecule has 0 bridgehead atoms. The molecule has 0 saturated carbocycles. The number of anilines is 2. The molecule has 0 aliphatic carbocycles. The lowest BCUT2D eigenvalue weighted by atomic mass is 10.1. The van der Waals surface area contributed by atoms with Crippen LogP contribution in [0, 0.1) is 10.1 Å². The summed E-state index contributed by atoms with van der Waals surface area (Å²) in [6.07, 6.45) is 0. The van der Waals surface area contributed by atoms with Crippen molar-refractivity contribution in [1.82, 2.24) is 4.90 Å². The summed E-state index contributed by atoms with van der Waals surface area (Å²) in [6, 6.07) is 8.87. The van der Waals surface area contributed by atoms with Crippen LogP contribution in [0.3, 0.4) is 0 Å². The third-order valence-electron chi connectivity index (χ3n) is 4.42. The number of carbonyl (C=O) groups excluding carboxylic acids is 2. The topological polar surface area (TPSA) is 95.8 Å². The average molecular weight is 419 g/mol. The van der Waals surface area contributed by atoms with E-state index in [0.717, 1.165) is 0 Å². The van der Waals surface area contributed by atoms with Crippen LogP contribution in [0.5, 0.6) is 0 Å². The Morgan fingerprint density at radius 1 is 1.10 bits per heavy atom. The van der Waals surface area contributed by atoms with E-state index in [1.54, 1.807) is 36.0 Å². The summed E-state index contributed by atoms with van der Waals surface area (Å²) in [4.78, 5) is 39.0. The minimum atomic E-state index is -0.531. The second-order valence-corrected chi connectivity index (χ2v) is 6.89. The molecule has 0 saturated heterocycles. The number of hydrogen-bond donors (Lipinski definition) is 1. The van der Waals surface area contributed by atoms with Crippen LogP contribution >= 0.6 is 11.6 Å². The molecule has 2 rings (SSSR count). The minimum Gasteiger partial charge on any atom is -0.372 e. The molecule has 0 heterocycles. The molecule has 2 amide bonds. The van der Waals surface area contributed by atoms with Crippen molar-refractivity contribution in [3.8, 4) is 0 Å². The molecule has 9 heteroatoms. The van der Waals surface area contributed by atoms with Crippen molar-refractivity contribution < 1.29 is 14.5 Å². The predicted molar refractivity (Wildman–Crippen MR) is 114 cm³/mol. The summed E-state index contributed by atoms with van der Waals surface area (Å²) in [5, 5.41) is 14.2. The monoisotopic (exact) mass is 418 g/mol. The van der Waals surface area contributed by atoms with E-state index in [0.29, 0.717) is 30.0 Å². The van der Waals surface area contributed by atoms with Crippen molar-refractivity contribution in [3.63, 3.8) is 0 Å². The summed E-state index contributed by atoms with van der Waals surface area (Å²) in [5.74, 6) is -0.704. The Bertz CT molecular complexity index is 942. The van der Waals surface area contributed by atoms with E-state index in [9.17, 15) is 19.7 Å². The largest absolute Gasteiger partial charge is 0.372 e. The quantitative estimate of drug-likeness (QED) is 0.540. The van der Waals surface area contributed by atoms with Gasteiger partial charge in [0.05, 0.1) is 15.5 Å². The molecule has 154 valence electrons. The van der Waals surface area contributed by atoms with Gasteiger partial charge in [0.25, 0.3) is 17.5 Å². The maximum Gasteiger partial charge on any atom is 0.293 e. The maximum absolute atomic E-state index is 12.5. The fourth-order valence-electron chi connectivity index (χ4n) is 2.84. The number of nitrogens with zero attached hydrogens (tertiary/aromatic N) is 3. The summed E-state index contributed by atoms with van der Waals surface area (Å²) in [7, 11) is 3.37. The van der Waals surface area contributed by atoms with Gasteiger partial charge in [0.1, 0.15) is 5.69 Å². The van der Waals surface area contributed by atoms with E-state index in [-0.39, 0.29) is 22.2 Å². The highest BCUT2D eigenvalue weighted by Gasteiger charge is 2.20. The number of nitro benzene ring substituents is 1. The normalized spacial score (nSPS) is 10.4. The van der Waals surface area contributed by atoms with Gasteiger partial charge in [-0.15, -0.1) is 0 Å². The summed E-state index contributed by atoms with van der Waals surface area (Å²) in [5.41, 5.74) is 1.10. The van der Waals surface area contributed by atoms with E-state index in [1.807, 2.05) is 13.8 Å². The van der Waals surface area contributed by atoms with Crippen LogP contribution in [-0.4, -0.2) is 48.8 Å². The van der Waals surface area contributed by atoms with Crippen LogP contribution in [0.4, 0.5) is 17.1 Å². The SMILES string of the molecule is CCN(CC)C(=O)c1ccc(NC(=O)c2ccc(N(C)C)c([N+](=O)[O-])c2)cc1Cl. The number of rotatable bonds is 7. The summed E-state index contributed by atoms with van der Waals surface area (Å²) >= 11 is 6.24. The Morgan fingerprint density at radius 3 is 2.28 bits per heavy atom. The van der Waals surface area contributed by atoms with Crippen LogP contribution in [-0.2, 0) is 0 Å². The molecule has 2 aromatic carbocycles. The lowest BCUT2D eigenvalue weighted by Crippen LogP contribution is -2.30. The van der Waals surface area contributed by atoms with E-state index < -0.39 is 10.8 Å². The average Bonchev–Trinajstić information content (AvgIpc) is 2.68. The minimum absolute atomic E-state index is 0.140. The van der Waals surface area contributed by atoms with Gasteiger partial charge in [-0.25, -0.2) is 0 Å².